The van der Waals surface area contributed by atoms with E-state index >= 15 is 0 Å². The van der Waals surface area contributed by atoms with E-state index < -0.39 is 6.04 Å². The van der Waals surface area contributed by atoms with E-state index in [9.17, 15) is 4.79 Å². The van der Waals surface area contributed by atoms with Crippen molar-refractivity contribution in [2.45, 2.75) is 6.04 Å². The van der Waals surface area contributed by atoms with Gasteiger partial charge in [-0.05, 0) is 36.9 Å². The molecule has 23 heavy (non-hydrogen) atoms. The second kappa shape index (κ2) is 7.71. The zero-order chi connectivity index (χ0) is 16.8. The number of nitrogens with one attached hydrogen (secondary N) is 4. The Balaban J connectivity index is 2.10. The standard InChI is InChI=1S/C16H18ClN5O/c1-19-14-9-21-13(22-14)8-7-12(18)16(23)15(20-2)10-3-5-11(17)6-4-10/h3-9,15,18-20H,1-2H3,(H,21,22)/b8-7-,18-12?. The summed E-state index contributed by atoms with van der Waals surface area (Å²) >= 11 is 5.86. The molecule has 0 saturated heterocycles. The second-order valence-electron chi connectivity index (χ2n) is 4.82. The average molecular weight is 332 g/mol. The number of likely N-dealkylation sites (N-methyl/N-ethyl adjacent to an activating group) is 1. The van der Waals surface area contributed by atoms with Crippen molar-refractivity contribution in [3.63, 3.8) is 0 Å². The van der Waals surface area contributed by atoms with Crippen molar-refractivity contribution >= 4 is 35.0 Å². The van der Waals surface area contributed by atoms with E-state index in [2.05, 4.69) is 20.6 Å². The molecule has 0 spiro atoms. The molecule has 1 heterocycles. The largest absolute Gasteiger partial charge is 0.373 e. The van der Waals surface area contributed by atoms with Crippen molar-refractivity contribution < 1.29 is 4.79 Å². The summed E-state index contributed by atoms with van der Waals surface area (Å²) in [4.78, 5) is 19.5. The fourth-order valence-corrected chi connectivity index (χ4v) is 2.18. The van der Waals surface area contributed by atoms with Crippen LogP contribution in [0.2, 0.25) is 5.02 Å². The van der Waals surface area contributed by atoms with Gasteiger partial charge in [0.1, 0.15) is 11.6 Å². The Labute approximate surface area is 139 Å². The van der Waals surface area contributed by atoms with Crippen LogP contribution in [0, 0.1) is 5.41 Å². The third-order valence-corrected chi connectivity index (χ3v) is 3.54. The minimum Gasteiger partial charge on any atom is -0.373 e. The molecule has 120 valence electrons. The number of anilines is 1. The monoisotopic (exact) mass is 331 g/mol. The number of aromatic amines is 1. The Morgan fingerprint density at radius 2 is 2.04 bits per heavy atom. The lowest BCUT2D eigenvalue weighted by Gasteiger charge is -2.14. The third kappa shape index (κ3) is 4.28. The summed E-state index contributed by atoms with van der Waals surface area (Å²) in [5, 5.41) is 14.4. The number of hydrogen-bond donors (Lipinski definition) is 4. The minimum atomic E-state index is -0.589. The first-order valence-electron chi connectivity index (χ1n) is 7.01. The molecule has 0 aliphatic carbocycles. The number of carbonyl (C=O) groups excluding carboxylic acids is 1. The lowest BCUT2D eigenvalue weighted by molar-refractivity contribution is -0.114. The molecule has 1 atom stereocenters. The van der Waals surface area contributed by atoms with E-state index in [1.807, 2.05) is 0 Å². The van der Waals surface area contributed by atoms with E-state index in [1.165, 1.54) is 6.08 Å². The second-order valence-corrected chi connectivity index (χ2v) is 5.25. The van der Waals surface area contributed by atoms with Gasteiger partial charge in [-0.15, -0.1) is 0 Å². The van der Waals surface area contributed by atoms with Crippen molar-refractivity contribution in [2.24, 2.45) is 0 Å². The van der Waals surface area contributed by atoms with Gasteiger partial charge in [-0.25, -0.2) is 4.98 Å². The summed E-state index contributed by atoms with van der Waals surface area (Å²) < 4.78 is 0. The van der Waals surface area contributed by atoms with Crippen LogP contribution in [0.25, 0.3) is 6.08 Å². The van der Waals surface area contributed by atoms with E-state index in [1.54, 1.807) is 50.6 Å². The maximum absolute atomic E-state index is 12.4. The number of ketones is 1. The van der Waals surface area contributed by atoms with Crippen molar-refractivity contribution in [3.8, 4) is 0 Å². The number of H-pyrrole nitrogens is 1. The summed E-state index contributed by atoms with van der Waals surface area (Å²) in [6.45, 7) is 0. The fourth-order valence-electron chi connectivity index (χ4n) is 2.05. The fraction of sp³-hybridized carbons (Fsp3) is 0.188. The summed E-state index contributed by atoms with van der Waals surface area (Å²) in [6, 6.07) is 6.38. The van der Waals surface area contributed by atoms with Gasteiger partial charge in [0.15, 0.2) is 0 Å². The first-order valence-corrected chi connectivity index (χ1v) is 7.39. The van der Waals surface area contributed by atoms with Crippen LogP contribution in [0.1, 0.15) is 17.4 Å². The van der Waals surface area contributed by atoms with Crippen LogP contribution in [0.5, 0.6) is 0 Å². The van der Waals surface area contributed by atoms with Gasteiger partial charge in [-0.2, -0.15) is 0 Å². The van der Waals surface area contributed by atoms with E-state index in [0.29, 0.717) is 10.8 Å². The zero-order valence-electron chi connectivity index (χ0n) is 12.9. The molecule has 4 N–H and O–H groups in total. The van der Waals surface area contributed by atoms with Crippen LogP contribution >= 0.6 is 11.6 Å². The highest BCUT2D eigenvalue weighted by Gasteiger charge is 2.21. The molecule has 0 fully saturated rings. The van der Waals surface area contributed by atoms with Crippen molar-refractivity contribution in [2.75, 3.05) is 19.4 Å². The SMILES string of the molecule is CNc1cnc(/C=C\C(=N)C(=O)C(NC)c2ccc(Cl)cc2)[nH]1. The number of hydrogen-bond acceptors (Lipinski definition) is 5. The molecule has 0 aliphatic rings. The van der Waals surface area contributed by atoms with Crippen LogP contribution in [-0.2, 0) is 4.79 Å². The summed E-state index contributed by atoms with van der Waals surface area (Å²) in [5.41, 5.74) is 0.650. The van der Waals surface area contributed by atoms with Crippen molar-refractivity contribution in [1.82, 2.24) is 15.3 Å². The molecule has 0 radical (unpaired) electrons. The molecule has 2 aromatic rings. The number of imidazole rings is 1. The van der Waals surface area contributed by atoms with Gasteiger partial charge in [0.25, 0.3) is 0 Å². The lowest BCUT2D eigenvalue weighted by atomic mass is 9.99. The molecule has 0 bridgehead atoms. The summed E-state index contributed by atoms with van der Waals surface area (Å²) in [7, 11) is 3.45. The van der Waals surface area contributed by atoms with Crippen LogP contribution in [-0.4, -0.2) is 35.6 Å². The molecule has 0 saturated carbocycles. The average Bonchev–Trinajstić information content (AvgIpc) is 3.03. The van der Waals surface area contributed by atoms with Crippen LogP contribution < -0.4 is 10.6 Å². The van der Waals surface area contributed by atoms with Crippen LogP contribution in [0.4, 0.5) is 5.82 Å². The first-order chi connectivity index (χ1) is 11.0. The Morgan fingerprint density at radius 3 is 2.61 bits per heavy atom. The number of nitrogens with zero attached hydrogens (tertiary/aromatic N) is 1. The number of rotatable bonds is 7. The molecule has 7 heteroatoms. The molecule has 1 aromatic carbocycles. The third-order valence-electron chi connectivity index (χ3n) is 3.29. The Morgan fingerprint density at radius 1 is 1.35 bits per heavy atom. The highest BCUT2D eigenvalue weighted by atomic mass is 35.5. The predicted molar refractivity (Wildman–Crippen MR) is 93.2 cm³/mol. The summed E-state index contributed by atoms with van der Waals surface area (Å²) in [6.07, 6.45) is 4.66. The van der Waals surface area contributed by atoms with Crippen LogP contribution in [0.3, 0.4) is 0 Å². The molecule has 1 aromatic heterocycles. The maximum atomic E-state index is 12.4. The Hall–Kier alpha value is -2.44. The number of benzene rings is 1. The van der Waals surface area contributed by atoms with E-state index in [0.717, 1.165) is 11.4 Å². The molecule has 2 rings (SSSR count). The molecule has 6 nitrogen and oxygen atoms in total. The number of carbonyl (C=O) groups is 1. The normalized spacial score (nSPS) is 12.3. The lowest BCUT2D eigenvalue weighted by Crippen LogP contribution is -2.30. The maximum Gasteiger partial charge on any atom is 0.201 e. The minimum absolute atomic E-state index is 0.110. The Bertz CT molecular complexity index is 720. The van der Waals surface area contributed by atoms with Crippen molar-refractivity contribution in [1.29, 1.82) is 5.41 Å². The number of aromatic nitrogens is 2. The van der Waals surface area contributed by atoms with Gasteiger partial charge >= 0.3 is 0 Å². The molecular formula is C16H18ClN5O. The summed E-state index contributed by atoms with van der Waals surface area (Å²) in [5.74, 6) is 1.00. The predicted octanol–water partition coefficient (Wildman–Crippen LogP) is 2.67. The van der Waals surface area contributed by atoms with Gasteiger partial charge in [0.05, 0.1) is 18.0 Å². The highest BCUT2D eigenvalue weighted by Crippen LogP contribution is 2.18. The number of allylic oxidation sites excluding steroid dienone is 1. The van der Waals surface area contributed by atoms with Crippen molar-refractivity contribution in [3.05, 3.63) is 52.9 Å². The van der Waals surface area contributed by atoms with E-state index in [4.69, 9.17) is 17.0 Å². The van der Waals surface area contributed by atoms with Crippen LogP contribution in [0.15, 0.2) is 36.5 Å². The number of Topliss-reactive ketones (excluding diaryl/α,β-unsaturated/α-hetero) is 1. The zero-order valence-corrected chi connectivity index (χ0v) is 13.6. The Kier molecular flexibility index (Phi) is 5.67. The smallest absolute Gasteiger partial charge is 0.201 e. The van der Waals surface area contributed by atoms with Gasteiger partial charge in [-0.3, -0.25) is 10.2 Å². The molecule has 1 unspecified atom stereocenters. The van der Waals surface area contributed by atoms with Gasteiger partial charge in [-0.1, -0.05) is 23.7 Å². The first kappa shape index (κ1) is 16.9. The number of halogens is 1. The van der Waals surface area contributed by atoms with E-state index in [-0.39, 0.29) is 11.5 Å². The molecule has 0 aliphatic heterocycles. The van der Waals surface area contributed by atoms with Gasteiger partial charge < -0.3 is 15.6 Å². The van der Waals surface area contributed by atoms with Gasteiger partial charge in [0.2, 0.25) is 5.78 Å². The molecule has 0 amide bonds. The molecular weight excluding hydrogens is 314 g/mol. The highest BCUT2D eigenvalue weighted by molar-refractivity contribution is 6.45. The quantitative estimate of drug-likeness (QED) is 0.587. The topological polar surface area (TPSA) is 93.7 Å². The van der Waals surface area contributed by atoms with Gasteiger partial charge in [0, 0.05) is 12.1 Å².